The molecule has 0 unspecified atom stereocenters. The first-order valence-electron chi connectivity index (χ1n) is 7.93. The fourth-order valence-electron chi connectivity index (χ4n) is 3.60. The average molecular weight is 323 g/mol. The molecule has 4 rings (SSSR count). The van der Waals surface area contributed by atoms with Crippen molar-refractivity contribution >= 4 is 28.7 Å². The number of hydrogen-bond acceptors (Lipinski definition) is 3. The van der Waals surface area contributed by atoms with Gasteiger partial charge in [0.05, 0.1) is 0 Å². The number of allylic oxidation sites excluding steroid dienone is 2. The normalized spacial score (nSPS) is 21.6. The molecule has 0 fully saturated rings. The summed E-state index contributed by atoms with van der Waals surface area (Å²) in [6.07, 6.45) is 2.59. The molecule has 1 atom stereocenters. The van der Waals surface area contributed by atoms with Crippen LogP contribution in [0.4, 0.5) is 5.69 Å². The Morgan fingerprint density at radius 1 is 1.00 bits per heavy atom. The van der Waals surface area contributed by atoms with Gasteiger partial charge in [0.25, 0.3) is 0 Å². The summed E-state index contributed by atoms with van der Waals surface area (Å²) in [4.78, 5) is 28.4. The van der Waals surface area contributed by atoms with Crippen molar-refractivity contribution in [1.82, 2.24) is 0 Å². The molecule has 4 heteroatoms. The van der Waals surface area contributed by atoms with Gasteiger partial charge in [0.15, 0.2) is 5.78 Å². The van der Waals surface area contributed by atoms with Gasteiger partial charge in [-0.2, -0.15) is 0 Å². The average Bonchev–Trinajstić information content (AvgIpc) is 3.09. The van der Waals surface area contributed by atoms with Crippen molar-refractivity contribution in [2.75, 3.05) is 4.90 Å². The van der Waals surface area contributed by atoms with E-state index in [4.69, 9.17) is 0 Å². The van der Waals surface area contributed by atoms with E-state index in [-0.39, 0.29) is 17.6 Å². The number of para-hydroxylation sites is 1. The van der Waals surface area contributed by atoms with Crippen LogP contribution >= 0.6 is 11.3 Å². The van der Waals surface area contributed by atoms with E-state index in [9.17, 15) is 9.59 Å². The number of carbonyl (C=O) groups is 2. The van der Waals surface area contributed by atoms with Crippen LogP contribution in [0.1, 0.15) is 36.5 Å². The van der Waals surface area contributed by atoms with Crippen molar-refractivity contribution in [2.24, 2.45) is 0 Å². The summed E-state index contributed by atoms with van der Waals surface area (Å²) in [6.45, 7) is 0. The summed E-state index contributed by atoms with van der Waals surface area (Å²) in [5.74, 6) is 0.228. The fourth-order valence-corrected chi connectivity index (χ4v) is 4.44. The zero-order chi connectivity index (χ0) is 15.8. The van der Waals surface area contributed by atoms with Crippen LogP contribution < -0.4 is 4.90 Å². The Hall–Kier alpha value is -2.20. The number of anilines is 1. The Morgan fingerprint density at radius 2 is 1.83 bits per heavy atom. The molecule has 116 valence electrons. The summed E-state index contributed by atoms with van der Waals surface area (Å²) in [5.41, 5.74) is 2.65. The molecule has 2 aliphatic rings. The van der Waals surface area contributed by atoms with E-state index in [1.165, 1.54) is 0 Å². The number of amides is 1. The second kappa shape index (κ2) is 5.78. The van der Waals surface area contributed by atoms with E-state index in [1.807, 2.05) is 47.8 Å². The molecule has 1 aromatic heterocycles. The lowest BCUT2D eigenvalue weighted by Gasteiger charge is -2.37. The fraction of sp³-hybridized carbons (Fsp3) is 0.263. The Morgan fingerprint density at radius 3 is 2.57 bits per heavy atom. The van der Waals surface area contributed by atoms with Crippen molar-refractivity contribution in [3.63, 3.8) is 0 Å². The lowest BCUT2D eigenvalue weighted by atomic mass is 9.79. The Kier molecular flexibility index (Phi) is 3.62. The summed E-state index contributed by atoms with van der Waals surface area (Å²) in [7, 11) is 0. The minimum atomic E-state index is -0.0646. The zero-order valence-electron chi connectivity index (χ0n) is 12.7. The van der Waals surface area contributed by atoms with Gasteiger partial charge in [-0.3, -0.25) is 14.5 Å². The topological polar surface area (TPSA) is 37.4 Å². The molecule has 23 heavy (non-hydrogen) atoms. The maximum absolute atomic E-state index is 12.8. The molecule has 2 heterocycles. The lowest BCUT2D eigenvalue weighted by molar-refractivity contribution is -0.119. The number of nitrogens with zero attached hydrogens (tertiary/aromatic N) is 1. The van der Waals surface area contributed by atoms with Crippen LogP contribution in [0.3, 0.4) is 0 Å². The van der Waals surface area contributed by atoms with Crippen LogP contribution in [0.2, 0.25) is 0 Å². The molecular formula is C19H17NO2S. The van der Waals surface area contributed by atoms with Crippen molar-refractivity contribution in [3.8, 4) is 0 Å². The highest BCUT2D eigenvalue weighted by Gasteiger charge is 2.39. The second-order valence-electron chi connectivity index (χ2n) is 5.97. The molecule has 0 spiro atoms. The first-order valence-corrected chi connectivity index (χ1v) is 8.81. The van der Waals surface area contributed by atoms with Crippen LogP contribution in [0, 0.1) is 0 Å². The van der Waals surface area contributed by atoms with Crippen LogP contribution in [0.5, 0.6) is 0 Å². The van der Waals surface area contributed by atoms with Gasteiger partial charge in [-0.05, 0) is 36.4 Å². The molecule has 1 aromatic carbocycles. The lowest BCUT2D eigenvalue weighted by Crippen LogP contribution is -2.40. The number of hydrogen-bond donors (Lipinski definition) is 0. The number of ketones is 1. The van der Waals surface area contributed by atoms with E-state index in [1.54, 1.807) is 16.2 Å². The third-order valence-corrected chi connectivity index (χ3v) is 5.56. The molecule has 0 bridgehead atoms. The van der Waals surface area contributed by atoms with E-state index in [0.29, 0.717) is 12.8 Å². The molecule has 1 aliphatic carbocycles. The SMILES string of the molecule is O=C1CCCC2=C1[C@H](c1cccs1)CC(=O)N2c1ccccc1. The van der Waals surface area contributed by atoms with E-state index < -0.39 is 0 Å². The van der Waals surface area contributed by atoms with E-state index in [0.717, 1.165) is 34.7 Å². The molecule has 0 radical (unpaired) electrons. The minimum absolute atomic E-state index is 0.0646. The standard InChI is InChI=1S/C19H17NO2S/c21-16-9-4-8-15-19(16)14(17-10-5-11-23-17)12-18(22)20(15)13-6-2-1-3-7-13/h1-3,5-7,10-11,14H,4,8-9,12H2/t14-/m0/s1. The second-order valence-corrected chi connectivity index (χ2v) is 6.95. The minimum Gasteiger partial charge on any atom is -0.294 e. The molecule has 2 aromatic rings. The van der Waals surface area contributed by atoms with Crippen molar-refractivity contribution in [2.45, 2.75) is 31.6 Å². The molecule has 0 N–H and O–H groups in total. The molecule has 0 saturated heterocycles. The number of carbonyl (C=O) groups excluding carboxylic acids is 2. The Labute approximate surface area is 139 Å². The highest BCUT2D eigenvalue weighted by Crippen LogP contribution is 2.44. The smallest absolute Gasteiger partial charge is 0.232 e. The Bertz CT molecular complexity index is 777. The van der Waals surface area contributed by atoms with Gasteiger partial charge < -0.3 is 0 Å². The zero-order valence-corrected chi connectivity index (χ0v) is 13.5. The number of thiophene rings is 1. The van der Waals surface area contributed by atoms with Crippen LogP contribution in [-0.2, 0) is 9.59 Å². The molecule has 3 nitrogen and oxygen atoms in total. The third kappa shape index (κ3) is 2.43. The van der Waals surface area contributed by atoms with Gasteiger partial charge in [-0.15, -0.1) is 11.3 Å². The largest absolute Gasteiger partial charge is 0.294 e. The summed E-state index contributed by atoms with van der Waals surface area (Å²) >= 11 is 1.63. The molecular weight excluding hydrogens is 306 g/mol. The summed E-state index contributed by atoms with van der Waals surface area (Å²) < 4.78 is 0. The maximum Gasteiger partial charge on any atom is 0.232 e. The molecule has 1 aliphatic heterocycles. The van der Waals surface area contributed by atoms with Crippen LogP contribution in [0.25, 0.3) is 0 Å². The third-order valence-electron chi connectivity index (χ3n) is 4.58. The maximum atomic E-state index is 12.8. The number of Topliss-reactive ketones (excluding diaryl/α,β-unsaturated/α-hetero) is 1. The first-order chi connectivity index (χ1) is 11.3. The van der Waals surface area contributed by atoms with Crippen LogP contribution in [-0.4, -0.2) is 11.7 Å². The van der Waals surface area contributed by atoms with Crippen molar-refractivity contribution < 1.29 is 9.59 Å². The number of benzene rings is 1. The van der Waals surface area contributed by atoms with Crippen LogP contribution in [0.15, 0.2) is 59.1 Å². The first kappa shape index (κ1) is 14.4. The highest BCUT2D eigenvalue weighted by atomic mass is 32.1. The van der Waals surface area contributed by atoms with E-state index >= 15 is 0 Å². The van der Waals surface area contributed by atoms with E-state index in [2.05, 4.69) is 0 Å². The Balaban J connectivity index is 1.87. The highest BCUT2D eigenvalue weighted by molar-refractivity contribution is 7.10. The van der Waals surface area contributed by atoms with Gasteiger partial charge in [0.2, 0.25) is 5.91 Å². The quantitative estimate of drug-likeness (QED) is 0.827. The van der Waals surface area contributed by atoms with Gasteiger partial charge in [0.1, 0.15) is 0 Å². The van der Waals surface area contributed by atoms with Gasteiger partial charge in [-0.25, -0.2) is 0 Å². The van der Waals surface area contributed by atoms with Gasteiger partial charge >= 0.3 is 0 Å². The number of rotatable bonds is 2. The predicted molar refractivity (Wildman–Crippen MR) is 91.5 cm³/mol. The van der Waals surface area contributed by atoms with Crippen molar-refractivity contribution in [3.05, 3.63) is 64.0 Å². The summed E-state index contributed by atoms with van der Waals surface area (Å²) in [6, 6.07) is 13.7. The van der Waals surface area contributed by atoms with Crippen molar-refractivity contribution in [1.29, 1.82) is 0 Å². The molecule has 1 amide bonds. The summed E-state index contributed by atoms with van der Waals surface area (Å²) in [5, 5.41) is 2.01. The molecule has 0 saturated carbocycles. The monoisotopic (exact) mass is 323 g/mol. The predicted octanol–water partition coefficient (Wildman–Crippen LogP) is 4.28. The van der Waals surface area contributed by atoms with Gasteiger partial charge in [0, 0.05) is 40.6 Å². The van der Waals surface area contributed by atoms with Gasteiger partial charge in [-0.1, -0.05) is 24.3 Å².